The van der Waals surface area contributed by atoms with Crippen molar-refractivity contribution >= 4 is 17.6 Å². The highest BCUT2D eigenvalue weighted by atomic mass is 16.5. The fourth-order valence-electron chi connectivity index (χ4n) is 2.03. The fourth-order valence-corrected chi connectivity index (χ4v) is 2.03. The van der Waals surface area contributed by atoms with Crippen LogP contribution in [0.4, 0.5) is 5.69 Å². The molecule has 0 bridgehead atoms. The molecule has 0 atom stereocenters. The van der Waals surface area contributed by atoms with Gasteiger partial charge in [-0.1, -0.05) is 12.1 Å². The van der Waals surface area contributed by atoms with Gasteiger partial charge in [0.2, 0.25) is 0 Å². The molecule has 0 spiro atoms. The number of nitrogens with one attached hydrogen (secondary N) is 1. The van der Waals surface area contributed by atoms with Crippen LogP contribution in [0.2, 0.25) is 0 Å². The number of esters is 1. The number of aryl methyl sites for hydroxylation is 1. The molecule has 0 fully saturated rings. The summed E-state index contributed by atoms with van der Waals surface area (Å²) in [5, 5.41) is 2.73. The molecule has 6 nitrogen and oxygen atoms in total. The SMILES string of the molecule is COC(=O)c1ccc(C)c(NC(=O)COc2cccc(OC)c2)c1. The zero-order chi connectivity index (χ0) is 17.5. The third-order valence-electron chi connectivity index (χ3n) is 3.34. The first-order valence-electron chi connectivity index (χ1n) is 7.29. The molecule has 0 aliphatic carbocycles. The predicted molar refractivity (Wildman–Crippen MR) is 89.6 cm³/mol. The van der Waals surface area contributed by atoms with Crippen LogP contribution in [0.5, 0.6) is 11.5 Å². The second-order valence-corrected chi connectivity index (χ2v) is 5.04. The third-order valence-corrected chi connectivity index (χ3v) is 3.34. The minimum atomic E-state index is -0.460. The number of anilines is 1. The van der Waals surface area contributed by atoms with Crippen LogP contribution in [0.25, 0.3) is 0 Å². The van der Waals surface area contributed by atoms with E-state index in [2.05, 4.69) is 10.1 Å². The van der Waals surface area contributed by atoms with E-state index in [0.717, 1.165) is 5.56 Å². The van der Waals surface area contributed by atoms with E-state index < -0.39 is 5.97 Å². The van der Waals surface area contributed by atoms with Gasteiger partial charge in [-0.05, 0) is 36.8 Å². The second kappa shape index (κ2) is 8.01. The van der Waals surface area contributed by atoms with E-state index in [1.165, 1.54) is 7.11 Å². The Morgan fingerprint density at radius 1 is 1.04 bits per heavy atom. The summed E-state index contributed by atoms with van der Waals surface area (Å²) in [6.45, 7) is 1.68. The highest BCUT2D eigenvalue weighted by molar-refractivity contribution is 5.95. The molecular weight excluding hydrogens is 310 g/mol. The lowest BCUT2D eigenvalue weighted by atomic mass is 10.1. The first-order chi connectivity index (χ1) is 11.5. The Labute approximate surface area is 140 Å². The maximum absolute atomic E-state index is 12.1. The van der Waals surface area contributed by atoms with Crippen LogP contribution in [0.3, 0.4) is 0 Å². The standard InChI is InChI=1S/C18H19NO5/c1-12-7-8-13(18(21)23-3)9-16(12)19-17(20)11-24-15-6-4-5-14(10-15)22-2/h4-10H,11H2,1-3H3,(H,19,20). The van der Waals surface area contributed by atoms with Gasteiger partial charge < -0.3 is 19.5 Å². The molecule has 6 heteroatoms. The Morgan fingerprint density at radius 2 is 1.79 bits per heavy atom. The van der Waals surface area contributed by atoms with Crippen LogP contribution < -0.4 is 14.8 Å². The number of rotatable bonds is 6. The molecule has 0 unspecified atom stereocenters. The molecule has 0 aliphatic rings. The molecule has 2 rings (SSSR count). The van der Waals surface area contributed by atoms with Crippen LogP contribution >= 0.6 is 0 Å². The zero-order valence-electron chi connectivity index (χ0n) is 13.8. The molecule has 0 heterocycles. The van der Waals surface area contributed by atoms with Gasteiger partial charge >= 0.3 is 5.97 Å². The van der Waals surface area contributed by atoms with Gasteiger partial charge in [0, 0.05) is 11.8 Å². The summed E-state index contributed by atoms with van der Waals surface area (Å²) in [5.74, 6) is 0.389. The molecule has 0 aromatic heterocycles. The monoisotopic (exact) mass is 329 g/mol. The topological polar surface area (TPSA) is 73.9 Å². The minimum Gasteiger partial charge on any atom is -0.497 e. The normalized spacial score (nSPS) is 9.96. The van der Waals surface area contributed by atoms with Crippen LogP contribution in [0, 0.1) is 6.92 Å². The van der Waals surface area contributed by atoms with E-state index in [1.54, 1.807) is 49.6 Å². The van der Waals surface area contributed by atoms with E-state index >= 15 is 0 Å². The molecule has 2 aromatic carbocycles. The lowest BCUT2D eigenvalue weighted by Crippen LogP contribution is -2.21. The van der Waals surface area contributed by atoms with Gasteiger partial charge in [0.15, 0.2) is 6.61 Å². The van der Waals surface area contributed by atoms with Gasteiger partial charge in [-0.15, -0.1) is 0 Å². The number of ether oxygens (including phenoxy) is 3. The van der Waals surface area contributed by atoms with E-state index in [4.69, 9.17) is 9.47 Å². The average molecular weight is 329 g/mol. The molecule has 0 saturated heterocycles. The van der Waals surface area contributed by atoms with Gasteiger partial charge in [-0.25, -0.2) is 4.79 Å². The number of carbonyl (C=O) groups is 2. The summed E-state index contributed by atoms with van der Waals surface area (Å²) < 4.78 is 15.2. The van der Waals surface area contributed by atoms with Gasteiger partial charge in [-0.3, -0.25) is 4.79 Å². The highest BCUT2D eigenvalue weighted by Gasteiger charge is 2.11. The molecule has 126 valence electrons. The van der Waals surface area contributed by atoms with Crippen LogP contribution in [0.1, 0.15) is 15.9 Å². The van der Waals surface area contributed by atoms with Crippen molar-refractivity contribution in [2.75, 3.05) is 26.1 Å². The number of hydrogen-bond donors (Lipinski definition) is 1. The number of methoxy groups -OCH3 is 2. The number of benzene rings is 2. The summed E-state index contributed by atoms with van der Waals surface area (Å²) >= 11 is 0. The number of amides is 1. The van der Waals surface area contributed by atoms with Crippen LogP contribution in [-0.2, 0) is 9.53 Å². The van der Waals surface area contributed by atoms with Gasteiger partial charge in [0.05, 0.1) is 19.8 Å². The Morgan fingerprint density at radius 3 is 2.50 bits per heavy atom. The molecule has 1 N–H and O–H groups in total. The highest BCUT2D eigenvalue weighted by Crippen LogP contribution is 2.20. The Kier molecular flexibility index (Phi) is 5.78. The van der Waals surface area contributed by atoms with Gasteiger partial charge in [0.1, 0.15) is 11.5 Å². The van der Waals surface area contributed by atoms with E-state index in [0.29, 0.717) is 22.7 Å². The number of hydrogen-bond acceptors (Lipinski definition) is 5. The van der Waals surface area contributed by atoms with Gasteiger partial charge in [-0.2, -0.15) is 0 Å². The van der Waals surface area contributed by atoms with Crippen molar-refractivity contribution in [3.8, 4) is 11.5 Å². The minimum absolute atomic E-state index is 0.158. The summed E-state index contributed by atoms with van der Waals surface area (Å²) in [6.07, 6.45) is 0. The van der Waals surface area contributed by atoms with Crippen molar-refractivity contribution < 1.29 is 23.8 Å². The molecular formula is C18H19NO5. The fraction of sp³-hybridized carbons (Fsp3) is 0.222. The van der Waals surface area contributed by atoms with E-state index in [1.807, 2.05) is 6.92 Å². The van der Waals surface area contributed by atoms with Crippen LogP contribution in [0.15, 0.2) is 42.5 Å². The third kappa shape index (κ3) is 4.49. The van der Waals surface area contributed by atoms with Crippen molar-refractivity contribution in [1.82, 2.24) is 0 Å². The number of carbonyl (C=O) groups excluding carboxylic acids is 2. The molecule has 1 amide bonds. The first-order valence-corrected chi connectivity index (χ1v) is 7.29. The summed E-state index contributed by atoms with van der Waals surface area (Å²) in [4.78, 5) is 23.6. The molecule has 0 saturated carbocycles. The van der Waals surface area contributed by atoms with Crippen molar-refractivity contribution in [3.05, 3.63) is 53.6 Å². The predicted octanol–water partition coefficient (Wildman–Crippen LogP) is 2.81. The quantitative estimate of drug-likeness (QED) is 0.825. The Balaban J connectivity index is 2.00. The maximum Gasteiger partial charge on any atom is 0.337 e. The Hall–Kier alpha value is -3.02. The summed E-state index contributed by atoms with van der Waals surface area (Å²) in [7, 11) is 2.87. The molecule has 24 heavy (non-hydrogen) atoms. The molecule has 0 aliphatic heterocycles. The molecule has 2 aromatic rings. The lowest BCUT2D eigenvalue weighted by molar-refractivity contribution is -0.118. The largest absolute Gasteiger partial charge is 0.497 e. The van der Waals surface area contributed by atoms with E-state index in [9.17, 15) is 9.59 Å². The molecule has 0 radical (unpaired) electrons. The lowest BCUT2D eigenvalue weighted by Gasteiger charge is -2.11. The Bertz CT molecular complexity index is 742. The maximum atomic E-state index is 12.1. The van der Waals surface area contributed by atoms with Crippen LogP contribution in [-0.4, -0.2) is 32.7 Å². The zero-order valence-corrected chi connectivity index (χ0v) is 13.8. The van der Waals surface area contributed by atoms with Crippen molar-refractivity contribution in [1.29, 1.82) is 0 Å². The van der Waals surface area contributed by atoms with Crippen molar-refractivity contribution in [2.45, 2.75) is 6.92 Å². The van der Waals surface area contributed by atoms with E-state index in [-0.39, 0.29) is 12.5 Å². The van der Waals surface area contributed by atoms with Gasteiger partial charge in [0.25, 0.3) is 5.91 Å². The first kappa shape index (κ1) is 17.3. The van der Waals surface area contributed by atoms with Crippen molar-refractivity contribution in [2.24, 2.45) is 0 Å². The van der Waals surface area contributed by atoms with Crippen molar-refractivity contribution in [3.63, 3.8) is 0 Å². The summed E-state index contributed by atoms with van der Waals surface area (Å²) in [5.41, 5.74) is 1.74. The average Bonchev–Trinajstić information content (AvgIpc) is 2.61. The summed E-state index contributed by atoms with van der Waals surface area (Å²) in [6, 6.07) is 11.9. The second-order valence-electron chi connectivity index (χ2n) is 5.04. The smallest absolute Gasteiger partial charge is 0.337 e.